The van der Waals surface area contributed by atoms with Gasteiger partial charge in [-0.1, -0.05) is 23.7 Å². The molecule has 1 aromatic carbocycles. The van der Waals surface area contributed by atoms with Gasteiger partial charge in [-0.25, -0.2) is 5.43 Å². The van der Waals surface area contributed by atoms with Crippen LogP contribution in [0.2, 0.25) is 5.02 Å². The summed E-state index contributed by atoms with van der Waals surface area (Å²) in [5.74, 6) is 6.33. The topological polar surface area (TPSA) is 51.2 Å². The third-order valence-corrected chi connectivity index (χ3v) is 3.02. The molecule has 0 amide bonds. The van der Waals surface area contributed by atoms with Crippen LogP contribution in [0.4, 0.5) is 0 Å². The fourth-order valence-electron chi connectivity index (χ4n) is 1.72. The van der Waals surface area contributed by atoms with E-state index in [1.54, 1.807) is 6.26 Å². The van der Waals surface area contributed by atoms with Crippen molar-refractivity contribution in [3.8, 4) is 0 Å². The van der Waals surface area contributed by atoms with E-state index in [9.17, 15) is 0 Å². The number of hydrazine groups is 1. The van der Waals surface area contributed by atoms with Crippen LogP contribution >= 0.6 is 11.6 Å². The van der Waals surface area contributed by atoms with Gasteiger partial charge in [0.05, 0.1) is 6.26 Å². The van der Waals surface area contributed by atoms with Crippen LogP contribution in [-0.2, 0) is 0 Å². The lowest BCUT2D eigenvalue weighted by atomic mass is 10.00. The van der Waals surface area contributed by atoms with Gasteiger partial charge in [0.2, 0.25) is 0 Å². The Kier molecular flexibility index (Phi) is 3.29. The summed E-state index contributed by atoms with van der Waals surface area (Å²) in [5, 5.41) is 0.726. The molecule has 0 aliphatic heterocycles. The minimum Gasteiger partial charge on any atom is -0.467 e. The van der Waals surface area contributed by atoms with Crippen LogP contribution in [0.15, 0.2) is 41.0 Å². The number of hydrogen-bond acceptors (Lipinski definition) is 3. The monoisotopic (exact) mass is 236 g/mol. The molecule has 1 heterocycles. The Morgan fingerprint density at radius 2 is 2.12 bits per heavy atom. The van der Waals surface area contributed by atoms with Crippen LogP contribution in [0, 0.1) is 6.92 Å². The van der Waals surface area contributed by atoms with Gasteiger partial charge in [-0.3, -0.25) is 5.84 Å². The molecular formula is C12H13ClN2O. The second-order valence-corrected chi connectivity index (χ2v) is 3.98. The lowest BCUT2D eigenvalue weighted by molar-refractivity contribution is 0.451. The maximum Gasteiger partial charge on any atom is 0.126 e. The van der Waals surface area contributed by atoms with Gasteiger partial charge in [-0.05, 0) is 36.2 Å². The molecule has 0 aliphatic carbocycles. The number of halogens is 1. The molecule has 3 N–H and O–H groups in total. The van der Waals surface area contributed by atoms with Crippen LogP contribution < -0.4 is 11.3 Å². The Labute approximate surface area is 99.2 Å². The highest BCUT2D eigenvalue weighted by Crippen LogP contribution is 2.28. The maximum absolute atomic E-state index is 6.08. The van der Waals surface area contributed by atoms with E-state index in [0.29, 0.717) is 0 Å². The van der Waals surface area contributed by atoms with E-state index in [1.807, 2.05) is 37.3 Å². The normalized spacial score (nSPS) is 12.7. The van der Waals surface area contributed by atoms with Crippen molar-refractivity contribution in [2.24, 2.45) is 5.84 Å². The average Bonchev–Trinajstić information content (AvgIpc) is 2.79. The second kappa shape index (κ2) is 4.70. The van der Waals surface area contributed by atoms with Crippen molar-refractivity contribution in [3.05, 3.63) is 58.5 Å². The Balaban J connectivity index is 2.45. The fraction of sp³-hybridized carbons (Fsp3) is 0.167. The van der Waals surface area contributed by atoms with E-state index in [-0.39, 0.29) is 6.04 Å². The molecule has 0 saturated heterocycles. The molecule has 4 heteroatoms. The molecule has 0 saturated carbocycles. The Morgan fingerprint density at radius 1 is 1.31 bits per heavy atom. The molecule has 0 aliphatic rings. The average molecular weight is 237 g/mol. The third kappa shape index (κ3) is 1.97. The smallest absolute Gasteiger partial charge is 0.126 e. The summed E-state index contributed by atoms with van der Waals surface area (Å²) in [6.45, 7) is 1.96. The van der Waals surface area contributed by atoms with E-state index < -0.39 is 0 Å². The van der Waals surface area contributed by atoms with Crippen molar-refractivity contribution < 1.29 is 4.42 Å². The maximum atomic E-state index is 6.08. The van der Waals surface area contributed by atoms with Crippen molar-refractivity contribution in [2.45, 2.75) is 13.0 Å². The first-order chi connectivity index (χ1) is 7.74. The minimum absolute atomic E-state index is 0.173. The molecule has 0 spiro atoms. The Hall–Kier alpha value is -1.29. The molecule has 1 unspecified atom stereocenters. The summed E-state index contributed by atoms with van der Waals surface area (Å²) >= 11 is 6.08. The summed E-state index contributed by atoms with van der Waals surface area (Å²) in [4.78, 5) is 0. The van der Waals surface area contributed by atoms with Gasteiger partial charge in [0.15, 0.2) is 0 Å². The van der Waals surface area contributed by atoms with Crippen molar-refractivity contribution in [1.82, 2.24) is 5.43 Å². The summed E-state index contributed by atoms with van der Waals surface area (Å²) < 4.78 is 5.35. The van der Waals surface area contributed by atoms with Gasteiger partial charge < -0.3 is 4.42 Å². The molecule has 0 bridgehead atoms. The van der Waals surface area contributed by atoms with Crippen LogP contribution in [0.3, 0.4) is 0 Å². The first-order valence-corrected chi connectivity index (χ1v) is 5.36. The SMILES string of the molecule is Cc1c(Cl)cccc1C(NN)c1ccco1. The van der Waals surface area contributed by atoms with E-state index in [4.69, 9.17) is 21.9 Å². The van der Waals surface area contributed by atoms with Crippen molar-refractivity contribution in [1.29, 1.82) is 0 Å². The Morgan fingerprint density at radius 3 is 2.75 bits per heavy atom. The first kappa shape index (κ1) is 11.2. The first-order valence-electron chi connectivity index (χ1n) is 4.98. The lowest BCUT2D eigenvalue weighted by Gasteiger charge is -2.16. The van der Waals surface area contributed by atoms with E-state index in [1.165, 1.54) is 0 Å². The van der Waals surface area contributed by atoms with Gasteiger partial charge in [-0.15, -0.1) is 0 Å². The summed E-state index contributed by atoms with van der Waals surface area (Å²) in [5.41, 5.74) is 4.76. The highest BCUT2D eigenvalue weighted by atomic mass is 35.5. The predicted molar refractivity (Wildman–Crippen MR) is 64.1 cm³/mol. The number of benzene rings is 1. The zero-order valence-corrected chi connectivity index (χ0v) is 9.66. The number of nitrogens with one attached hydrogen (secondary N) is 1. The third-order valence-electron chi connectivity index (χ3n) is 2.61. The lowest BCUT2D eigenvalue weighted by Crippen LogP contribution is -2.29. The fourth-order valence-corrected chi connectivity index (χ4v) is 1.90. The molecule has 0 radical (unpaired) electrons. The molecule has 0 fully saturated rings. The number of nitrogens with two attached hydrogens (primary N) is 1. The van der Waals surface area contributed by atoms with Crippen molar-refractivity contribution in [2.75, 3.05) is 0 Å². The predicted octanol–water partition coefficient (Wildman–Crippen LogP) is 2.79. The molecule has 2 rings (SSSR count). The quantitative estimate of drug-likeness (QED) is 0.637. The summed E-state index contributed by atoms with van der Waals surface area (Å²) in [6.07, 6.45) is 1.62. The van der Waals surface area contributed by atoms with Crippen LogP contribution in [-0.4, -0.2) is 0 Å². The van der Waals surface area contributed by atoms with Gasteiger partial charge in [0.25, 0.3) is 0 Å². The molecule has 16 heavy (non-hydrogen) atoms. The highest BCUT2D eigenvalue weighted by molar-refractivity contribution is 6.31. The zero-order valence-electron chi connectivity index (χ0n) is 8.91. The van der Waals surface area contributed by atoms with Crippen LogP contribution in [0.5, 0.6) is 0 Å². The van der Waals surface area contributed by atoms with Crippen molar-refractivity contribution in [3.63, 3.8) is 0 Å². The standard InChI is InChI=1S/C12H13ClN2O/c1-8-9(4-2-5-10(8)13)12(15-14)11-6-3-7-16-11/h2-7,12,15H,14H2,1H3. The van der Waals surface area contributed by atoms with E-state index >= 15 is 0 Å². The summed E-state index contributed by atoms with van der Waals surface area (Å²) in [6, 6.07) is 9.28. The van der Waals surface area contributed by atoms with Gasteiger partial charge in [0, 0.05) is 5.02 Å². The second-order valence-electron chi connectivity index (χ2n) is 3.57. The van der Waals surface area contributed by atoms with Crippen molar-refractivity contribution >= 4 is 11.6 Å². The van der Waals surface area contributed by atoms with Gasteiger partial charge in [0.1, 0.15) is 11.8 Å². The van der Waals surface area contributed by atoms with Crippen LogP contribution in [0.1, 0.15) is 22.9 Å². The zero-order chi connectivity index (χ0) is 11.5. The van der Waals surface area contributed by atoms with E-state index in [0.717, 1.165) is 21.9 Å². The molecule has 2 aromatic rings. The number of rotatable bonds is 3. The largest absolute Gasteiger partial charge is 0.467 e. The highest BCUT2D eigenvalue weighted by Gasteiger charge is 2.17. The Bertz CT molecular complexity index is 468. The molecule has 3 nitrogen and oxygen atoms in total. The molecule has 1 aromatic heterocycles. The molecular weight excluding hydrogens is 224 g/mol. The van der Waals surface area contributed by atoms with Crippen LogP contribution in [0.25, 0.3) is 0 Å². The van der Waals surface area contributed by atoms with E-state index in [2.05, 4.69) is 5.43 Å². The molecule has 84 valence electrons. The van der Waals surface area contributed by atoms with Gasteiger partial charge >= 0.3 is 0 Å². The molecule has 1 atom stereocenters. The number of furan rings is 1. The minimum atomic E-state index is -0.173. The number of hydrogen-bond donors (Lipinski definition) is 2. The van der Waals surface area contributed by atoms with Gasteiger partial charge in [-0.2, -0.15) is 0 Å². The summed E-state index contributed by atoms with van der Waals surface area (Å²) in [7, 11) is 0.